The Balaban J connectivity index is 2.39. The Morgan fingerprint density at radius 2 is 1.45 bits per heavy atom. The van der Waals surface area contributed by atoms with E-state index in [1.54, 1.807) is 18.2 Å². The molecule has 0 amide bonds. The van der Waals surface area contributed by atoms with Crippen LogP contribution in [0.25, 0.3) is 0 Å². The van der Waals surface area contributed by atoms with Crippen molar-refractivity contribution in [3.8, 4) is 0 Å². The molecule has 0 saturated heterocycles. The summed E-state index contributed by atoms with van der Waals surface area (Å²) in [6, 6.07) is 14.6. The SMILES string of the molecule is OCC(CO)(Cc1cccc(Cl)c1)c1cccc(Cl)c1. The van der Waals surface area contributed by atoms with Gasteiger partial charge in [0.2, 0.25) is 0 Å². The molecule has 0 heterocycles. The smallest absolute Gasteiger partial charge is 0.0553 e. The van der Waals surface area contributed by atoms with Crippen molar-refractivity contribution in [1.29, 1.82) is 0 Å². The standard InChI is InChI=1S/C16H16Cl2O2/c17-14-5-1-3-12(7-14)9-16(10-19,11-20)13-4-2-6-15(18)8-13/h1-8,19-20H,9-11H2. The predicted molar refractivity (Wildman–Crippen MR) is 82.5 cm³/mol. The lowest BCUT2D eigenvalue weighted by Gasteiger charge is -2.31. The van der Waals surface area contributed by atoms with Gasteiger partial charge < -0.3 is 10.2 Å². The van der Waals surface area contributed by atoms with Gasteiger partial charge in [-0.25, -0.2) is 0 Å². The molecule has 2 N–H and O–H groups in total. The molecule has 0 aliphatic rings. The maximum Gasteiger partial charge on any atom is 0.0553 e. The molecule has 0 fully saturated rings. The Morgan fingerprint density at radius 3 is 2.00 bits per heavy atom. The summed E-state index contributed by atoms with van der Waals surface area (Å²) in [6.07, 6.45) is 0.487. The molecule has 0 aliphatic carbocycles. The largest absolute Gasteiger partial charge is 0.395 e. The van der Waals surface area contributed by atoms with Crippen molar-refractivity contribution in [3.05, 3.63) is 69.7 Å². The first-order valence-corrected chi connectivity index (χ1v) is 7.07. The summed E-state index contributed by atoms with van der Waals surface area (Å²) >= 11 is 12.0. The number of halogens is 2. The second-order valence-electron chi connectivity index (χ2n) is 4.91. The van der Waals surface area contributed by atoms with Crippen molar-refractivity contribution < 1.29 is 10.2 Å². The van der Waals surface area contributed by atoms with Crippen LogP contribution in [0.4, 0.5) is 0 Å². The van der Waals surface area contributed by atoms with Crippen LogP contribution >= 0.6 is 23.2 Å². The summed E-state index contributed by atoms with van der Waals surface area (Å²) in [6.45, 7) is -0.341. The van der Waals surface area contributed by atoms with Crippen LogP contribution in [0.3, 0.4) is 0 Å². The highest BCUT2D eigenvalue weighted by Gasteiger charge is 2.31. The molecule has 0 spiro atoms. The molecular formula is C16H16Cl2O2. The third-order valence-corrected chi connectivity index (χ3v) is 3.94. The molecule has 0 bridgehead atoms. The fourth-order valence-corrected chi connectivity index (χ4v) is 2.71. The Labute approximate surface area is 128 Å². The molecule has 2 rings (SSSR count). The lowest BCUT2D eigenvalue weighted by atomic mass is 9.77. The number of rotatable bonds is 5. The minimum atomic E-state index is -0.768. The Hall–Kier alpha value is -1.06. The third kappa shape index (κ3) is 3.33. The summed E-state index contributed by atoms with van der Waals surface area (Å²) in [5, 5.41) is 20.9. The predicted octanol–water partition coefficient (Wildman–Crippen LogP) is 3.46. The topological polar surface area (TPSA) is 40.5 Å². The number of hydrogen-bond acceptors (Lipinski definition) is 2. The van der Waals surface area contributed by atoms with E-state index in [1.165, 1.54) is 0 Å². The molecule has 0 aromatic heterocycles. The zero-order chi connectivity index (χ0) is 14.6. The van der Waals surface area contributed by atoms with Crippen LogP contribution in [0.1, 0.15) is 11.1 Å². The van der Waals surface area contributed by atoms with Crippen molar-refractivity contribution in [2.75, 3.05) is 13.2 Å². The van der Waals surface area contributed by atoms with Crippen LogP contribution in [-0.4, -0.2) is 23.4 Å². The molecule has 2 aromatic carbocycles. The summed E-state index contributed by atoms with van der Waals surface area (Å²) in [5.74, 6) is 0. The fourth-order valence-electron chi connectivity index (χ4n) is 2.30. The van der Waals surface area contributed by atoms with Crippen LogP contribution in [0.2, 0.25) is 10.0 Å². The van der Waals surface area contributed by atoms with Crippen LogP contribution in [0, 0.1) is 0 Å². The summed E-state index contributed by atoms with van der Waals surface area (Å²) in [7, 11) is 0. The highest BCUT2D eigenvalue weighted by Crippen LogP contribution is 2.30. The van der Waals surface area contributed by atoms with Crippen LogP contribution < -0.4 is 0 Å². The number of aliphatic hydroxyl groups excluding tert-OH is 2. The van der Waals surface area contributed by atoms with E-state index in [1.807, 2.05) is 30.3 Å². The van der Waals surface area contributed by atoms with E-state index in [2.05, 4.69) is 0 Å². The van der Waals surface area contributed by atoms with Gasteiger partial charge in [-0.05, 0) is 41.8 Å². The van der Waals surface area contributed by atoms with Crippen molar-refractivity contribution >= 4 is 23.2 Å². The van der Waals surface area contributed by atoms with Crippen LogP contribution in [0.5, 0.6) is 0 Å². The fraction of sp³-hybridized carbons (Fsp3) is 0.250. The van der Waals surface area contributed by atoms with Gasteiger partial charge in [0.1, 0.15) is 0 Å². The van der Waals surface area contributed by atoms with E-state index in [9.17, 15) is 10.2 Å². The third-order valence-electron chi connectivity index (χ3n) is 3.47. The molecular weight excluding hydrogens is 295 g/mol. The minimum Gasteiger partial charge on any atom is -0.395 e. The lowest BCUT2D eigenvalue weighted by Crippen LogP contribution is -2.37. The van der Waals surface area contributed by atoms with Crippen molar-refractivity contribution in [2.45, 2.75) is 11.8 Å². The maximum absolute atomic E-state index is 9.82. The zero-order valence-electron chi connectivity index (χ0n) is 10.9. The summed E-state index contributed by atoms with van der Waals surface area (Å²) in [5.41, 5.74) is 1.01. The van der Waals surface area contributed by atoms with Gasteiger partial charge in [0.05, 0.1) is 13.2 Å². The van der Waals surface area contributed by atoms with Gasteiger partial charge in [0, 0.05) is 15.5 Å². The Kier molecular flexibility index (Phi) is 5.06. The Bertz CT molecular complexity index is 580. The molecule has 2 aromatic rings. The normalized spacial score (nSPS) is 11.6. The molecule has 0 unspecified atom stereocenters. The molecule has 2 nitrogen and oxygen atoms in total. The van der Waals surface area contributed by atoms with Gasteiger partial charge >= 0.3 is 0 Å². The average molecular weight is 311 g/mol. The summed E-state index contributed by atoms with van der Waals surface area (Å²) < 4.78 is 0. The van der Waals surface area contributed by atoms with E-state index in [-0.39, 0.29) is 13.2 Å². The van der Waals surface area contributed by atoms with Gasteiger partial charge in [-0.2, -0.15) is 0 Å². The van der Waals surface area contributed by atoms with Gasteiger partial charge in [0.15, 0.2) is 0 Å². The van der Waals surface area contributed by atoms with Gasteiger partial charge in [0.25, 0.3) is 0 Å². The molecule has 106 valence electrons. The molecule has 20 heavy (non-hydrogen) atoms. The van der Waals surface area contributed by atoms with Crippen molar-refractivity contribution in [1.82, 2.24) is 0 Å². The highest BCUT2D eigenvalue weighted by molar-refractivity contribution is 6.30. The minimum absolute atomic E-state index is 0.170. The monoisotopic (exact) mass is 310 g/mol. The first-order chi connectivity index (χ1) is 9.59. The molecule has 4 heteroatoms. The zero-order valence-corrected chi connectivity index (χ0v) is 12.4. The molecule has 0 saturated carbocycles. The van der Waals surface area contributed by atoms with Gasteiger partial charge in [-0.15, -0.1) is 0 Å². The van der Waals surface area contributed by atoms with Crippen molar-refractivity contribution in [3.63, 3.8) is 0 Å². The van der Waals surface area contributed by atoms with E-state index in [0.717, 1.165) is 11.1 Å². The lowest BCUT2D eigenvalue weighted by molar-refractivity contribution is 0.116. The summed E-state index contributed by atoms with van der Waals surface area (Å²) in [4.78, 5) is 0. The van der Waals surface area contributed by atoms with E-state index < -0.39 is 5.41 Å². The van der Waals surface area contributed by atoms with Crippen LogP contribution in [-0.2, 0) is 11.8 Å². The first-order valence-electron chi connectivity index (χ1n) is 6.32. The molecule has 0 aliphatic heterocycles. The average Bonchev–Trinajstić information content (AvgIpc) is 2.45. The molecule has 0 radical (unpaired) electrons. The first kappa shape index (κ1) is 15.3. The number of benzene rings is 2. The molecule has 0 atom stereocenters. The Morgan fingerprint density at radius 1 is 0.850 bits per heavy atom. The van der Waals surface area contributed by atoms with Gasteiger partial charge in [-0.3, -0.25) is 0 Å². The second kappa shape index (κ2) is 6.59. The maximum atomic E-state index is 9.82. The van der Waals surface area contributed by atoms with Gasteiger partial charge in [-0.1, -0.05) is 47.5 Å². The van der Waals surface area contributed by atoms with Crippen molar-refractivity contribution in [2.24, 2.45) is 0 Å². The number of aliphatic hydroxyl groups is 2. The van der Waals surface area contributed by atoms with E-state index in [4.69, 9.17) is 23.2 Å². The van der Waals surface area contributed by atoms with Crippen LogP contribution in [0.15, 0.2) is 48.5 Å². The highest BCUT2D eigenvalue weighted by atomic mass is 35.5. The van der Waals surface area contributed by atoms with E-state index in [0.29, 0.717) is 16.5 Å². The van der Waals surface area contributed by atoms with E-state index >= 15 is 0 Å². The second-order valence-corrected chi connectivity index (χ2v) is 5.79. The number of hydrogen-bond donors (Lipinski definition) is 2. The quantitative estimate of drug-likeness (QED) is 0.888.